The number of aryl methyl sites for hydroxylation is 3. The van der Waals surface area contributed by atoms with Crippen molar-refractivity contribution >= 4 is 5.91 Å². The number of hydrogen-bond acceptors (Lipinski definition) is 2. The molecule has 1 aromatic heterocycles. The lowest BCUT2D eigenvalue weighted by Gasteiger charge is -2.10. The van der Waals surface area contributed by atoms with Crippen LogP contribution in [0, 0.1) is 20.8 Å². The van der Waals surface area contributed by atoms with Crippen molar-refractivity contribution in [2.75, 3.05) is 0 Å². The number of aromatic nitrogens is 1. The fourth-order valence-corrected chi connectivity index (χ4v) is 1.97. The van der Waals surface area contributed by atoms with E-state index in [1.165, 1.54) is 16.7 Å². The molecule has 0 aliphatic carbocycles. The smallest absolute Gasteiger partial charge is 0.270 e. The molecule has 0 aliphatic rings. The first kappa shape index (κ1) is 13.3. The van der Waals surface area contributed by atoms with Gasteiger partial charge in [-0.25, -0.2) is 0 Å². The molecule has 3 nitrogen and oxygen atoms in total. The molecule has 0 unspecified atom stereocenters. The van der Waals surface area contributed by atoms with Gasteiger partial charge in [-0.2, -0.15) is 0 Å². The van der Waals surface area contributed by atoms with Crippen LogP contribution in [0.1, 0.15) is 32.7 Å². The lowest BCUT2D eigenvalue weighted by Crippen LogP contribution is -2.24. The third-order valence-electron chi connectivity index (χ3n) is 3.29. The average Bonchev–Trinajstić information content (AvgIpc) is 2.42. The van der Waals surface area contributed by atoms with E-state index in [0.29, 0.717) is 12.2 Å². The summed E-state index contributed by atoms with van der Waals surface area (Å²) >= 11 is 0. The summed E-state index contributed by atoms with van der Waals surface area (Å²) in [6.45, 7) is 6.77. The van der Waals surface area contributed by atoms with E-state index in [4.69, 9.17) is 0 Å². The largest absolute Gasteiger partial charge is 0.347 e. The maximum absolute atomic E-state index is 11.9. The first-order chi connectivity index (χ1) is 9.08. The Morgan fingerprint density at radius 1 is 1.11 bits per heavy atom. The van der Waals surface area contributed by atoms with Gasteiger partial charge in [0, 0.05) is 12.7 Å². The molecular formula is C16H18N2O. The fraction of sp³-hybridized carbons (Fsp3) is 0.250. The van der Waals surface area contributed by atoms with Gasteiger partial charge < -0.3 is 5.32 Å². The van der Waals surface area contributed by atoms with Gasteiger partial charge in [-0.15, -0.1) is 0 Å². The molecule has 0 atom stereocenters. The Labute approximate surface area is 113 Å². The lowest BCUT2D eigenvalue weighted by molar-refractivity contribution is 0.0946. The second-order valence-corrected chi connectivity index (χ2v) is 4.76. The van der Waals surface area contributed by atoms with Crippen LogP contribution in [0.3, 0.4) is 0 Å². The highest BCUT2D eigenvalue weighted by Crippen LogP contribution is 2.15. The summed E-state index contributed by atoms with van der Waals surface area (Å²) in [4.78, 5) is 15.9. The van der Waals surface area contributed by atoms with E-state index in [2.05, 4.69) is 43.2 Å². The van der Waals surface area contributed by atoms with Crippen LogP contribution in [0.5, 0.6) is 0 Å². The molecule has 1 N–H and O–H groups in total. The first-order valence-corrected chi connectivity index (χ1v) is 6.34. The molecule has 1 heterocycles. The number of pyridine rings is 1. The van der Waals surface area contributed by atoms with E-state index >= 15 is 0 Å². The van der Waals surface area contributed by atoms with Gasteiger partial charge in [0.05, 0.1) is 0 Å². The fourth-order valence-electron chi connectivity index (χ4n) is 1.97. The van der Waals surface area contributed by atoms with Crippen molar-refractivity contribution < 1.29 is 4.79 Å². The van der Waals surface area contributed by atoms with Gasteiger partial charge in [0.1, 0.15) is 5.69 Å². The zero-order valence-electron chi connectivity index (χ0n) is 11.5. The summed E-state index contributed by atoms with van der Waals surface area (Å²) in [5, 5.41) is 2.90. The van der Waals surface area contributed by atoms with Crippen molar-refractivity contribution in [3.8, 4) is 0 Å². The SMILES string of the molecule is Cc1cc(C)c(CNC(=O)c2ccccn2)cc1C. The molecule has 0 saturated carbocycles. The van der Waals surface area contributed by atoms with Crippen LogP contribution in [0.15, 0.2) is 36.5 Å². The predicted molar refractivity (Wildman–Crippen MR) is 76.1 cm³/mol. The van der Waals surface area contributed by atoms with E-state index in [9.17, 15) is 4.79 Å². The zero-order valence-corrected chi connectivity index (χ0v) is 11.5. The number of nitrogens with one attached hydrogen (secondary N) is 1. The van der Waals surface area contributed by atoms with Crippen LogP contribution in [0.4, 0.5) is 0 Å². The van der Waals surface area contributed by atoms with Crippen LogP contribution in [-0.2, 0) is 6.54 Å². The van der Waals surface area contributed by atoms with Crippen LogP contribution >= 0.6 is 0 Å². The Hall–Kier alpha value is -2.16. The maximum Gasteiger partial charge on any atom is 0.270 e. The van der Waals surface area contributed by atoms with Crippen molar-refractivity contribution in [2.24, 2.45) is 0 Å². The van der Waals surface area contributed by atoms with Crippen molar-refractivity contribution in [1.82, 2.24) is 10.3 Å². The second kappa shape index (κ2) is 5.65. The number of rotatable bonds is 3. The number of hydrogen-bond donors (Lipinski definition) is 1. The molecule has 0 aliphatic heterocycles. The Bertz CT molecular complexity index is 591. The Morgan fingerprint density at radius 2 is 1.84 bits per heavy atom. The van der Waals surface area contributed by atoms with E-state index in [1.807, 2.05) is 6.07 Å². The van der Waals surface area contributed by atoms with E-state index in [1.54, 1.807) is 18.3 Å². The van der Waals surface area contributed by atoms with Crippen molar-refractivity contribution in [3.63, 3.8) is 0 Å². The molecule has 0 saturated heterocycles. The summed E-state index contributed by atoms with van der Waals surface area (Å²) < 4.78 is 0. The van der Waals surface area contributed by atoms with Crippen LogP contribution in [-0.4, -0.2) is 10.9 Å². The third-order valence-corrected chi connectivity index (χ3v) is 3.29. The standard InChI is InChI=1S/C16H18N2O/c1-11-8-13(3)14(9-12(11)2)10-18-16(19)15-6-4-5-7-17-15/h4-9H,10H2,1-3H3,(H,18,19). The Balaban J connectivity index is 2.07. The lowest BCUT2D eigenvalue weighted by atomic mass is 10.0. The Morgan fingerprint density at radius 3 is 2.53 bits per heavy atom. The second-order valence-electron chi connectivity index (χ2n) is 4.76. The third kappa shape index (κ3) is 3.19. The van der Waals surface area contributed by atoms with Gasteiger partial charge in [0.25, 0.3) is 5.91 Å². The molecule has 19 heavy (non-hydrogen) atoms. The molecular weight excluding hydrogens is 236 g/mol. The summed E-state index contributed by atoms with van der Waals surface area (Å²) in [6, 6.07) is 9.59. The molecule has 0 bridgehead atoms. The molecule has 2 aromatic rings. The highest BCUT2D eigenvalue weighted by molar-refractivity contribution is 5.92. The predicted octanol–water partition coefficient (Wildman–Crippen LogP) is 2.94. The van der Waals surface area contributed by atoms with Gasteiger partial charge in [-0.05, 0) is 55.2 Å². The first-order valence-electron chi connectivity index (χ1n) is 6.34. The molecule has 0 radical (unpaired) electrons. The zero-order chi connectivity index (χ0) is 13.8. The normalized spacial score (nSPS) is 10.3. The van der Waals surface area contributed by atoms with Gasteiger partial charge in [0.2, 0.25) is 0 Å². The van der Waals surface area contributed by atoms with Crippen LogP contribution in [0.25, 0.3) is 0 Å². The minimum atomic E-state index is -0.141. The topological polar surface area (TPSA) is 42.0 Å². The van der Waals surface area contributed by atoms with Crippen LogP contribution < -0.4 is 5.32 Å². The quantitative estimate of drug-likeness (QED) is 0.915. The number of carbonyl (C=O) groups is 1. The molecule has 98 valence electrons. The number of amides is 1. The van der Waals surface area contributed by atoms with Gasteiger partial charge >= 0.3 is 0 Å². The number of benzene rings is 1. The minimum absolute atomic E-state index is 0.141. The maximum atomic E-state index is 11.9. The molecule has 3 heteroatoms. The monoisotopic (exact) mass is 254 g/mol. The van der Waals surface area contributed by atoms with E-state index in [-0.39, 0.29) is 5.91 Å². The summed E-state index contributed by atoms with van der Waals surface area (Å²) in [7, 11) is 0. The average molecular weight is 254 g/mol. The van der Waals surface area contributed by atoms with Crippen molar-refractivity contribution in [1.29, 1.82) is 0 Å². The van der Waals surface area contributed by atoms with E-state index < -0.39 is 0 Å². The molecule has 1 amide bonds. The van der Waals surface area contributed by atoms with Gasteiger partial charge in [-0.1, -0.05) is 18.2 Å². The van der Waals surface area contributed by atoms with Gasteiger partial charge in [0.15, 0.2) is 0 Å². The van der Waals surface area contributed by atoms with Gasteiger partial charge in [-0.3, -0.25) is 9.78 Å². The highest BCUT2D eigenvalue weighted by Gasteiger charge is 2.07. The Kier molecular flexibility index (Phi) is 3.95. The van der Waals surface area contributed by atoms with Crippen molar-refractivity contribution in [2.45, 2.75) is 27.3 Å². The summed E-state index contributed by atoms with van der Waals surface area (Å²) in [6.07, 6.45) is 1.62. The molecule has 1 aromatic carbocycles. The summed E-state index contributed by atoms with van der Waals surface area (Å²) in [5.41, 5.74) is 5.31. The van der Waals surface area contributed by atoms with Crippen LogP contribution in [0.2, 0.25) is 0 Å². The molecule has 0 fully saturated rings. The van der Waals surface area contributed by atoms with Crippen molar-refractivity contribution in [3.05, 3.63) is 64.5 Å². The summed E-state index contributed by atoms with van der Waals surface area (Å²) in [5.74, 6) is -0.141. The number of nitrogens with zero attached hydrogens (tertiary/aromatic N) is 1. The minimum Gasteiger partial charge on any atom is -0.347 e. The highest BCUT2D eigenvalue weighted by atomic mass is 16.1. The molecule has 0 spiro atoms. The van der Waals surface area contributed by atoms with E-state index in [0.717, 1.165) is 5.56 Å². The molecule has 2 rings (SSSR count). The number of carbonyl (C=O) groups excluding carboxylic acids is 1.